The van der Waals surface area contributed by atoms with Gasteiger partial charge in [-0.05, 0) is 18.9 Å². The van der Waals surface area contributed by atoms with Gasteiger partial charge in [-0.3, -0.25) is 10.1 Å². The van der Waals surface area contributed by atoms with Crippen molar-refractivity contribution in [3.05, 3.63) is 34.1 Å². The fraction of sp³-hybridized carbons (Fsp3) is 0.364. The molecule has 7 nitrogen and oxygen atoms in total. The summed E-state index contributed by atoms with van der Waals surface area (Å²) in [5, 5.41) is 21.5. The quantitative estimate of drug-likeness (QED) is 0.197. The summed E-state index contributed by atoms with van der Waals surface area (Å²) < 4.78 is 18.5. The van der Waals surface area contributed by atoms with Crippen LogP contribution in [0.2, 0.25) is 0 Å². The number of hydrogen-bond donors (Lipinski definition) is 2. The van der Waals surface area contributed by atoms with Crippen LogP contribution in [0.1, 0.15) is 19.3 Å². The zero-order valence-electron chi connectivity index (χ0n) is 10.1. The molecule has 19 heavy (non-hydrogen) atoms. The van der Waals surface area contributed by atoms with Crippen molar-refractivity contribution in [1.29, 1.82) is 0 Å². The van der Waals surface area contributed by atoms with Crippen LogP contribution in [-0.2, 0) is 0 Å². The lowest BCUT2D eigenvalue weighted by Gasteiger charge is -2.06. The highest BCUT2D eigenvalue weighted by Gasteiger charge is 2.13. The van der Waals surface area contributed by atoms with Gasteiger partial charge < -0.3 is 15.7 Å². The van der Waals surface area contributed by atoms with Gasteiger partial charge in [0.25, 0.3) is 0 Å². The van der Waals surface area contributed by atoms with Crippen molar-refractivity contribution in [1.82, 2.24) is 0 Å². The smallest absolute Gasteiger partial charge is 0.305 e. The second-order valence-electron chi connectivity index (χ2n) is 3.77. The minimum atomic E-state index is -0.931. The largest absolute Gasteiger partial charge is 0.493 e. The van der Waals surface area contributed by atoms with Gasteiger partial charge in [-0.25, -0.2) is 0 Å². The van der Waals surface area contributed by atoms with Crippen LogP contribution in [0.15, 0.2) is 23.4 Å². The number of halogens is 1. The first kappa shape index (κ1) is 14.7. The summed E-state index contributed by atoms with van der Waals surface area (Å²) in [6.07, 6.45) is 1.73. The number of nitro benzene ring substituents is 1. The highest BCUT2D eigenvalue weighted by molar-refractivity contribution is 5.79. The number of benzene rings is 1. The lowest BCUT2D eigenvalue weighted by atomic mass is 10.2. The highest BCUT2D eigenvalue weighted by atomic mass is 19.1. The van der Waals surface area contributed by atoms with Crippen LogP contribution < -0.4 is 10.5 Å². The van der Waals surface area contributed by atoms with Crippen molar-refractivity contribution in [3.63, 3.8) is 0 Å². The summed E-state index contributed by atoms with van der Waals surface area (Å²) in [7, 11) is 0. The van der Waals surface area contributed by atoms with Gasteiger partial charge in [-0.1, -0.05) is 5.16 Å². The van der Waals surface area contributed by atoms with Crippen LogP contribution in [0.3, 0.4) is 0 Å². The first-order valence-corrected chi connectivity index (χ1v) is 5.57. The molecule has 0 aliphatic carbocycles. The second-order valence-corrected chi connectivity index (χ2v) is 3.77. The molecule has 0 spiro atoms. The van der Waals surface area contributed by atoms with Crippen LogP contribution >= 0.6 is 0 Å². The van der Waals surface area contributed by atoms with E-state index in [0.717, 1.165) is 12.1 Å². The van der Waals surface area contributed by atoms with Crippen molar-refractivity contribution in [3.8, 4) is 5.75 Å². The number of unbranched alkanes of at least 4 members (excludes halogenated alkanes) is 1. The predicted molar refractivity (Wildman–Crippen MR) is 65.8 cm³/mol. The molecule has 1 aromatic rings. The van der Waals surface area contributed by atoms with E-state index in [-0.39, 0.29) is 11.6 Å². The van der Waals surface area contributed by atoms with Crippen LogP contribution in [0.5, 0.6) is 5.75 Å². The van der Waals surface area contributed by atoms with Crippen LogP contribution in [-0.4, -0.2) is 22.6 Å². The molecule has 0 aliphatic rings. The fourth-order valence-corrected chi connectivity index (χ4v) is 1.37. The predicted octanol–water partition coefficient (Wildman–Crippen LogP) is 2.03. The van der Waals surface area contributed by atoms with Gasteiger partial charge in [0, 0.05) is 18.6 Å². The molecule has 0 saturated carbocycles. The maximum absolute atomic E-state index is 13.2. The van der Waals surface area contributed by atoms with Crippen LogP contribution in [0.25, 0.3) is 0 Å². The van der Waals surface area contributed by atoms with Crippen molar-refractivity contribution in [2.45, 2.75) is 19.3 Å². The van der Waals surface area contributed by atoms with Crippen molar-refractivity contribution in [2.75, 3.05) is 6.61 Å². The maximum Gasteiger partial charge on any atom is 0.305 e. The highest BCUT2D eigenvalue weighted by Crippen LogP contribution is 2.22. The Morgan fingerprint density at radius 3 is 2.84 bits per heavy atom. The van der Waals surface area contributed by atoms with Crippen molar-refractivity contribution < 1.29 is 19.3 Å². The molecule has 0 atom stereocenters. The fourth-order valence-electron chi connectivity index (χ4n) is 1.37. The summed E-state index contributed by atoms with van der Waals surface area (Å²) in [5.74, 6) is -0.563. The summed E-state index contributed by atoms with van der Waals surface area (Å²) >= 11 is 0. The topological polar surface area (TPSA) is 111 Å². The Labute approximate surface area is 108 Å². The number of nitrogens with zero attached hydrogens (tertiary/aromatic N) is 2. The van der Waals surface area contributed by atoms with Crippen LogP contribution in [0.4, 0.5) is 10.1 Å². The Morgan fingerprint density at radius 2 is 2.26 bits per heavy atom. The van der Waals surface area contributed by atoms with Gasteiger partial charge in [0.2, 0.25) is 5.82 Å². The Bertz CT molecular complexity index is 479. The van der Waals surface area contributed by atoms with Crippen molar-refractivity contribution in [2.24, 2.45) is 10.9 Å². The van der Waals surface area contributed by atoms with Gasteiger partial charge in [0.15, 0.2) is 0 Å². The Morgan fingerprint density at radius 1 is 1.53 bits per heavy atom. The van der Waals surface area contributed by atoms with E-state index in [1.807, 2.05) is 0 Å². The van der Waals surface area contributed by atoms with E-state index in [9.17, 15) is 14.5 Å². The summed E-state index contributed by atoms with van der Waals surface area (Å²) in [6.45, 7) is 0.315. The van der Waals surface area contributed by atoms with E-state index in [0.29, 0.717) is 25.9 Å². The zero-order valence-corrected chi connectivity index (χ0v) is 10.1. The molecule has 1 rings (SSSR count). The summed E-state index contributed by atoms with van der Waals surface area (Å²) in [6, 6.07) is 3.37. The molecule has 3 N–H and O–H groups in total. The molecule has 0 amide bonds. The van der Waals surface area contributed by atoms with Gasteiger partial charge in [0.05, 0.1) is 11.5 Å². The number of amidine groups is 1. The molecule has 0 fully saturated rings. The van der Waals surface area contributed by atoms with E-state index in [4.69, 9.17) is 15.7 Å². The first-order valence-electron chi connectivity index (χ1n) is 5.57. The number of nitro groups is 1. The molecule has 0 aliphatic heterocycles. The molecule has 0 saturated heterocycles. The van der Waals surface area contributed by atoms with Crippen LogP contribution in [0, 0.1) is 15.9 Å². The van der Waals surface area contributed by atoms with E-state index >= 15 is 0 Å². The molecule has 1 aromatic carbocycles. The maximum atomic E-state index is 13.2. The SMILES string of the molecule is NC(CCCCOc1ccc([N+](=O)[O-])c(F)c1)=NO. The Balaban J connectivity index is 2.38. The molecule has 104 valence electrons. The zero-order chi connectivity index (χ0) is 14.3. The third-order valence-corrected chi connectivity index (χ3v) is 2.34. The Kier molecular flexibility index (Phi) is 5.52. The average Bonchev–Trinajstić information content (AvgIpc) is 2.37. The second kappa shape index (κ2) is 7.14. The molecule has 0 bridgehead atoms. The van der Waals surface area contributed by atoms with E-state index < -0.39 is 16.4 Å². The molecular weight excluding hydrogens is 257 g/mol. The molecule has 0 heterocycles. The normalized spacial score (nSPS) is 11.3. The lowest BCUT2D eigenvalue weighted by Crippen LogP contribution is -2.11. The van der Waals surface area contributed by atoms with Crippen molar-refractivity contribution >= 4 is 11.5 Å². The lowest BCUT2D eigenvalue weighted by molar-refractivity contribution is -0.387. The van der Waals surface area contributed by atoms with E-state index in [2.05, 4.69) is 5.16 Å². The Hall–Kier alpha value is -2.38. The van der Waals surface area contributed by atoms with Gasteiger partial charge in [-0.15, -0.1) is 0 Å². The number of oxime groups is 1. The monoisotopic (exact) mass is 271 g/mol. The molecule has 0 aromatic heterocycles. The average molecular weight is 271 g/mol. The molecular formula is C11H14FN3O4. The minimum Gasteiger partial charge on any atom is -0.493 e. The molecule has 0 unspecified atom stereocenters. The number of rotatable bonds is 7. The third kappa shape index (κ3) is 4.78. The molecule has 8 heteroatoms. The minimum absolute atomic E-state index is 0.140. The van der Waals surface area contributed by atoms with E-state index in [1.165, 1.54) is 6.07 Å². The van der Waals surface area contributed by atoms with Gasteiger partial charge in [0.1, 0.15) is 11.6 Å². The summed E-state index contributed by atoms with van der Waals surface area (Å²) in [4.78, 5) is 9.61. The number of ether oxygens (including phenoxy) is 1. The third-order valence-electron chi connectivity index (χ3n) is 2.34. The van der Waals surface area contributed by atoms with Gasteiger partial charge >= 0.3 is 5.69 Å². The van der Waals surface area contributed by atoms with E-state index in [1.54, 1.807) is 0 Å². The summed E-state index contributed by atoms with van der Waals surface area (Å²) in [5.41, 5.74) is 4.69. The first-order chi connectivity index (χ1) is 9.04. The number of nitrogens with two attached hydrogens (primary N) is 1. The number of hydrogen-bond acceptors (Lipinski definition) is 5. The molecule has 0 radical (unpaired) electrons. The standard InChI is InChI=1S/C11H14FN3O4/c12-9-7-8(4-5-10(9)15(17)18)19-6-2-1-3-11(13)14-16/h4-5,7,16H,1-3,6H2,(H2,13,14). The van der Waals surface area contributed by atoms with Gasteiger partial charge in [-0.2, -0.15) is 4.39 Å².